The molecule has 0 saturated heterocycles. The molecule has 0 aliphatic carbocycles. The van der Waals surface area contributed by atoms with Crippen molar-refractivity contribution in [3.63, 3.8) is 0 Å². The molecule has 0 saturated carbocycles. The zero-order chi connectivity index (χ0) is 21.0. The molecule has 152 valence electrons. The molecule has 0 aliphatic heterocycles. The predicted molar refractivity (Wildman–Crippen MR) is 107 cm³/mol. The van der Waals surface area contributed by atoms with Gasteiger partial charge in [0.15, 0.2) is 5.82 Å². The zero-order valence-electron chi connectivity index (χ0n) is 17.1. The number of rotatable bonds is 6. The van der Waals surface area contributed by atoms with Crippen molar-refractivity contribution in [3.05, 3.63) is 47.6 Å². The third kappa shape index (κ3) is 4.87. The number of aromatic amines is 1. The molecule has 1 aromatic carbocycles. The summed E-state index contributed by atoms with van der Waals surface area (Å²) in [4.78, 5) is 21.0. The van der Waals surface area contributed by atoms with Gasteiger partial charge in [0.1, 0.15) is 18.1 Å². The first-order valence-electron chi connectivity index (χ1n) is 9.10. The molecular formula is C20H24N6O3. The number of nitrogens with zero attached hydrogens (tertiary/aromatic N) is 4. The summed E-state index contributed by atoms with van der Waals surface area (Å²) in [6, 6.07) is 5.27. The number of carbonyl (C=O) groups is 1. The Balaban J connectivity index is 1.79. The molecule has 0 aliphatic rings. The molecule has 3 aromatic rings. The van der Waals surface area contributed by atoms with Crippen LogP contribution in [0.15, 0.2) is 35.1 Å². The number of hydrogen-bond acceptors (Lipinski definition) is 7. The van der Waals surface area contributed by atoms with E-state index in [1.165, 1.54) is 12.4 Å². The highest BCUT2D eigenvalue weighted by Crippen LogP contribution is 2.32. The number of aryl methyl sites for hydroxylation is 1. The van der Waals surface area contributed by atoms with E-state index >= 15 is 0 Å². The van der Waals surface area contributed by atoms with Crippen molar-refractivity contribution in [1.29, 1.82) is 0 Å². The first-order valence-corrected chi connectivity index (χ1v) is 9.10. The Labute approximate surface area is 168 Å². The van der Waals surface area contributed by atoms with Crippen molar-refractivity contribution in [3.8, 4) is 17.4 Å². The molecule has 9 nitrogen and oxygen atoms in total. The minimum absolute atomic E-state index is 0.279. The molecular weight excluding hydrogens is 372 g/mol. The molecule has 0 spiro atoms. The van der Waals surface area contributed by atoms with E-state index in [4.69, 9.17) is 9.26 Å². The first kappa shape index (κ1) is 20.2. The number of methoxy groups -OCH3 is 1. The Bertz CT molecular complexity index is 1000. The van der Waals surface area contributed by atoms with Crippen LogP contribution in [0.5, 0.6) is 5.75 Å². The van der Waals surface area contributed by atoms with E-state index in [0.717, 1.165) is 11.1 Å². The minimum Gasteiger partial charge on any atom is -0.496 e. The molecule has 9 heteroatoms. The molecule has 0 fully saturated rings. The summed E-state index contributed by atoms with van der Waals surface area (Å²) in [6.45, 7) is 7.91. The van der Waals surface area contributed by atoms with Gasteiger partial charge >= 0.3 is 0 Å². The number of carbonyl (C=O) groups excluding carboxylic acids is 1. The van der Waals surface area contributed by atoms with Crippen LogP contribution in [-0.4, -0.2) is 38.3 Å². The smallest absolute Gasteiger partial charge is 0.250 e. The topological polar surface area (TPSA) is 119 Å². The van der Waals surface area contributed by atoms with Crippen LogP contribution < -0.4 is 10.1 Å². The maximum Gasteiger partial charge on any atom is 0.250 e. The van der Waals surface area contributed by atoms with Gasteiger partial charge in [-0.25, -0.2) is 4.98 Å². The zero-order valence-corrected chi connectivity index (χ0v) is 17.1. The second-order valence-electron chi connectivity index (χ2n) is 7.68. The number of benzene rings is 1. The average molecular weight is 396 g/mol. The summed E-state index contributed by atoms with van der Waals surface area (Å²) >= 11 is 0. The summed E-state index contributed by atoms with van der Waals surface area (Å²) < 4.78 is 10.7. The van der Waals surface area contributed by atoms with Gasteiger partial charge in [0, 0.05) is 11.6 Å². The number of hydrogen-bond donors (Lipinski definition) is 2. The van der Waals surface area contributed by atoms with Crippen molar-refractivity contribution >= 4 is 12.0 Å². The molecule has 29 heavy (non-hydrogen) atoms. The molecule has 0 radical (unpaired) electrons. The lowest BCUT2D eigenvalue weighted by molar-refractivity contribution is -0.118. The Morgan fingerprint density at radius 3 is 2.79 bits per heavy atom. The van der Waals surface area contributed by atoms with E-state index in [9.17, 15) is 4.79 Å². The third-order valence-electron chi connectivity index (χ3n) is 4.27. The molecule has 1 amide bonds. The van der Waals surface area contributed by atoms with Gasteiger partial charge in [-0.05, 0) is 30.5 Å². The van der Waals surface area contributed by atoms with E-state index in [1.807, 2.05) is 45.9 Å². The fourth-order valence-corrected chi connectivity index (χ4v) is 2.75. The second-order valence-corrected chi connectivity index (χ2v) is 7.68. The Hall–Kier alpha value is -3.49. The van der Waals surface area contributed by atoms with Crippen molar-refractivity contribution in [2.24, 2.45) is 5.41 Å². The van der Waals surface area contributed by atoms with Crippen LogP contribution in [0.1, 0.15) is 43.8 Å². The maximum absolute atomic E-state index is 12.6. The SMILES string of the molecule is COc1ccc(C)cc1/C=C/C(=O)NC(c1nc(-c2ncn[nH]2)no1)C(C)(C)C. The molecule has 3 rings (SSSR count). The summed E-state index contributed by atoms with van der Waals surface area (Å²) in [5, 5.41) is 13.3. The van der Waals surface area contributed by atoms with Crippen LogP contribution in [0.2, 0.25) is 0 Å². The normalized spacial score (nSPS) is 12.9. The average Bonchev–Trinajstić information content (AvgIpc) is 3.35. The van der Waals surface area contributed by atoms with Gasteiger partial charge < -0.3 is 14.6 Å². The first-order chi connectivity index (χ1) is 13.8. The van der Waals surface area contributed by atoms with Gasteiger partial charge in [-0.15, -0.1) is 0 Å². The van der Waals surface area contributed by atoms with Crippen LogP contribution in [-0.2, 0) is 4.79 Å². The quantitative estimate of drug-likeness (QED) is 0.615. The van der Waals surface area contributed by atoms with Crippen LogP contribution in [0.4, 0.5) is 0 Å². The number of aromatic nitrogens is 5. The molecule has 2 N–H and O–H groups in total. The minimum atomic E-state index is -0.497. The number of nitrogens with one attached hydrogen (secondary N) is 2. The van der Waals surface area contributed by atoms with Gasteiger partial charge in [0.25, 0.3) is 0 Å². The third-order valence-corrected chi connectivity index (χ3v) is 4.27. The van der Waals surface area contributed by atoms with Gasteiger partial charge in [-0.2, -0.15) is 10.1 Å². The van der Waals surface area contributed by atoms with Crippen LogP contribution in [0.3, 0.4) is 0 Å². The van der Waals surface area contributed by atoms with Crippen LogP contribution in [0, 0.1) is 12.3 Å². The summed E-state index contributed by atoms with van der Waals surface area (Å²) in [5.41, 5.74) is 1.53. The van der Waals surface area contributed by atoms with Crippen LogP contribution in [0.25, 0.3) is 17.7 Å². The highest BCUT2D eigenvalue weighted by atomic mass is 16.5. The maximum atomic E-state index is 12.6. The van der Waals surface area contributed by atoms with Crippen molar-refractivity contribution in [1.82, 2.24) is 30.6 Å². The van der Waals surface area contributed by atoms with Gasteiger partial charge in [-0.3, -0.25) is 9.89 Å². The van der Waals surface area contributed by atoms with E-state index in [1.54, 1.807) is 13.2 Å². The van der Waals surface area contributed by atoms with Gasteiger partial charge in [-0.1, -0.05) is 37.6 Å². The van der Waals surface area contributed by atoms with Crippen molar-refractivity contribution in [2.75, 3.05) is 7.11 Å². The lowest BCUT2D eigenvalue weighted by atomic mass is 9.86. The largest absolute Gasteiger partial charge is 0.496 e. The number of ether oxygens (including phenoxy) is 1. The Morgan fingerprint density at radius 2 is 2.14 bits per heavy atom. The molecule has 0 bridgehead atoms. The lowest BCUT2D eigenvalue weighted by Gasteiger charge is -2.27. The van der Waals surface area contributed by atoms with Crippen molar-refractivity contribution in [2.45, 2.75) is 33.7 Å². The van der Waals surface area contributed by atoms with Gasteiger partial charge in [0.2, 0.25) is 17.6 Å². The molecule has 1 unspecified atom stereocenters. The Kier molecular flexibility index (Phi) is 5.76. The molecule has 2 aromatic heterocycles. The molecule has 2 heterocycles. The number of amides is 1. The summed E-state index contributed by atoms with van der Waals surface area (Å²) in [7, 11) is 1.60. The fraction of sp³-hybridized carbons (Fsp3) is 0.350. The van der Waals surface area contributed by atoms with E-state index in [2.05, 4.69) is 30.6 Å². The van der Waals surface area contributed by atoms with E-state index < -0.39 is 6.04 Å². The van der Waals surface area contributed by atoms with E-state index in [-0.39, 0.29) is 17.1 Å². The predicted octanol–water partition coefficient (Wildman–Crippen LogP) is 3.09. The Morgan fingerprint density at radius 1 is 1.34 bits per heavy atom. The number of H-pyrrole nitrogens is 1. The van der Waals surface area contributed by atoms with Gasteiger partial charge in [0.05, 0.1) is 7.11 Å². The second kappa shape index (κ2) is 8.26. The highest BCUT2D eigenvalue weighted by molar-refractivity contribution is 5.92. The lowest BCUT2D eigenvalue weighted by Crippen LogP contribution is -2.36. The highest BCUT2D eigenvalue weighted by Gasteiger charge is 2.32. The van der Waals surface area contributed by atoms with E-state index in [0.29, 0.717) is 17.5 Å². The molecule has 1 atom stereocenters. The standard InChI is InChI=1S/C20H24N6O3/c1-12-6-8-14(28-5)13(10-12)7-9-15(27)23-16(20(2,3)4)19-24-18(26-29-19)17-21-11-22-25-17/h6-11,16H,1-5H3,(H,23,27)(H,21,22,25)/b9-7+. The monoisotopic (exact) mass is 396 g/mol. The fourth-order valence-electron chi connectivity index (χ4n) is 2.75. The summed E-state index contributed by atoms with van der Waals surface area (Å²) in [5.74, 6) is 1.37. The summed E-state index contributed by atoms with van der Waals surface area (Å²) in [6.07, 6.45) is 4.54. The van der Waals surface area contributed by atoms with Crippen LogP contribution >= 0.6 is 0 Å². The van der Waals surface area contributed by atoms with Crippen molar-refractivity contribution < 1.29 is 14.1 Å².